The molecule has 0 saturated carbocycles. The Labute approximate surface area is 272 Å². The minimum Gasteiger partial charge on any atom is -0.358 e. The minimum absolute atomic E-state index is 0.0106. The fourth-order valence-electron chi connectivity index (χ4n) is 6.56. The van der Waals surface area contributed by atoms with E-state index in [0.717, 1.165) is 61.9 Å². The van der Waals surface area contributed by atoms with Gasteiger partial charge in [-0.05, 0) is 46.5 Å². The normalized spacial score (nSPS) is 13.5. The van der Waals surface area contributed by atoms with Gasteiger partial charge in [0.1, 0.15) is 17.2 Å². The second-order valence-electron chi connectivity index (χ2n) is 11.8. The van der Waals surface area contributed by atoms with Crippen LogP contribution in [-0.2, 0) is 0 Å². The first-order valence-corrected chi connectivity index (χ1v) is 15.8. The summed E-state index contributed by atoms with van der Waals surface area (Å²) in [4.78, 5) is 15.0. The molecule has 47 heavy (non-hydrogen) atoms. The zero-order valence-corrected chi connectivity index (χ0v) is 25.5. The van der Waals surface area contributed by atoms with Crippen molar-refractivity contribution in [2.75, 3.05) is 5.32 Å². The molecule has 1 atom stereocenters. The molecular formula is C42H29N5. The molecule has 0 saturated heterocycles. The molecule has 0 spiro atoms. The van der Waals surface area contributed by atoms with Crippen LogP contribution in [0.2, 0.25) is 0 Å². The van der Waals surface area contributed by atoms with Gasteiger partial charge in [-0.1, -0.05) is 133 Å². The molecule has 0 amide bonds. The monoisotopic (exact) mass is 603 g/mol. The summed E-state index contributed by atoms with van der Waals surface area (Å²) in [6, 6.07) is 54.7. The topological polar surface area (TPSA) is 55.1 Å². The minimum atomic E-state index is -0.0106. The summed E-state index contributed by atoms with van der Waals surface area (Å²) in [5.74, 6) is 1.73. The lowest BCUT2D eigenvalue weighted by molar-refractivity contribution is 0.910. The second kappa shape index (κ2) is 11.2. The van der Waals surface area contributed by atoms with Crippen LogP contribution in [0, 0.1) is 0 Å². The van der Waals surface area contributed by atoms with Gasteiger partial charge in [0, 0.05) is 28.5 Å². The first kappa shape index (κ1) is 27.0. The van der Waals surface area contributed by atoms with Crippen LogP contribution in [-0.4, -0.2) is 19.4 Å². The van der Waals surface area contributed by atoms with E-state index < -0.39 is 0 Å². The van der Waals surface area contributed by atoms with Crippen molar-refractivity contribution >= 4 is 11.5 Å². The third-order valence-corrected chi connectivity index (χ3v) is 8.90. The Morgan fingerprint density at radius 2 is 1.13 bits per heavy atom. The Balaban J connectivity index is 1.07. The Kier molecular flexibility index (Phi) is 6.46. The summed E-state index contributed by atoms with van der Waals surface area (Å²) in [6.07, 6.45) is 2.07. The number of hydrogen-bond acceptors (Lipinski definition) is 4. The Morgan fingerprint density at radius 3 is 1.87 bits per heavy atom. The van der Waals surface area contributed by atoms with Gasteiger partial charge in [0.2, 0.25) is 0 Å². The standard InChI is InChI=1S/C42H29N5/c1-3-12-29(13-4-1)36-27-37(30-14-5-2-6-15-30)44-41(43-36)31-23-21-28(22-24-31)32-16-11-17-33(26-32)39-34-18-7-8-19-35(34)40-42(46-39)47-25-10-9-20-38(47)45-40/h1-27,39,46H. The molecule has 1 aliphatic heterocycles. The fourth-order valence-corrected chi connectivity index (χ4v) is 6.56. The van der Waals surface area contributed by atoms with Crippen molar-refractivity contribution in [3.63, 3.8) is 0 Å². The summed E-state index contributed by atoms with van der Waals surface area (Å²) < 4.78 is 2.14. The average molecular weight is 604 g/mol. The van der Waals surface area contributed by atoms with Crippen LogP contribution < -0.4 is 5.32 Å². The molecule has 1 aliphatic rings. The molecule has 9 rings (SSSR count). The number of anilines is 1. The van der Waals surface area contributed by atoms with Gasteiger partial charge in [0.15, 0.2) is 5.82 Å². The van der Waals surface area contributed by atoms with Gasteiger partial charge in [-0.25, -0.2) is 15.0 Å². The van der Waals surface area contributed by atoms with Gasteiger partial charge >= 0.3 is 0 Å². The number of nitrogens with zero attached hydrogens (tertiary/aromatic N) is 4. The van der Waals surface area contributed by atoms with E-state index in [4.69, 9.17) is 15.0 Å². The summed E-state index contributed by atoms with van der Waals surface area (Å²) in [5.41, 5.74) is 12.7. The lowest BCUT2D eigenvalue weighted by atomic mass is 9.89. The molecule has 4 heterocycles. The van der Waals surface area contributed by atoms with Crippen molar-refractivity contribution in [2.45, 2.75) is 6.04 Å². The molecule has 0 aliphatic carbocycles. The third-order valence-electron chi connectivity index (χ3n) is 8.90. The lowest BCUT2D eigenvalue weighted by Gasteiger charge is -2.28. The highest BCUT2D eigenvalue weighted by atomic mass is 15.2. The van der Waals surface area contributed by atoms with Crippen LogP contribution in [0.1, 0.15) is 17.2 Å². The summed E-state index contributed by atoms with van der Waals surface area (Å²) in [6.45, 7) is 0. The van der Waals surface area contributed by atoms with Crippen molar-refractivity contribution < 1.29 is 0 Å². The molecule has 5 heteroatoms. The first-order chi connectivity index (χ1) is 23.3. The van der Waals surface area contributed by atoms with E-state index in [2.05, 4.69) is 119 Å². The van der Waals surface area contributed by atoms with Gasteiger partial charge in [0.25, 0.3) is 0 Å². The maximum atomic E-state index is 5.01. The molecule has 5 nitrogen and oxygen atoms in total. The van der Waals surface area contributed by atoms with Gasteiger partial charge in [0.05, 0.1) is 17.4 Å². The Bertz CT molecular complexity index is 2320. The van der Waals surface area contributed by atoms with E-state index in [1.807, 2.05) is 54.6 Å². The van der Waals surface area contributed by atoms with Crippen LogP contribution in [0.5, 0.6) is 0 Å². The van der Waals surface area contributed by atoms with Crippen molar-refractivity contribution in [3.8, 4) is 56.3 Å². The van der Waals surface area contributed by atoms with Crippen molar-refractivity contribution in [2.24, 2.45) is 0 Å². The number of benzene rings is 5. The van der Waals surface area contributed by atoms with E-state index in [-0.39, 0.29) is 6.04 Å². The zero-order chi connectivity index (χ0) is 31.2. The SMILES string of the molecule is c1ccc(-c2cc(-c3ccccc3)nc(-c3ccc(-c4cccc(C5Nc6c(nc7ccccn67)-c6ccccc65)c4)cc3)n2)cc1. The number of imidazole rings is 1. The van der Waals surface area contributed by atoms with Crippen LogP contribution in [0.4, 0.5) is 5.82 Å². The Hall–Kier alpha value is -6.33. The van der Waals surface area contributed by atoms with Crippen LogP contribution in [0.3, 0.4) is 0 Å². The molecule has 0 fully saturated rings. The third kappa shape index (κ3) is 4.86. The van der Waals surface area contributed by atoms with E-state index >= 15 is 0 Å². The van der Waals surface area contributed by atoms with Crippen LogP contribution in [0.15, 0.2) is 164 Å². The van der Waals surface area contributed by atoms with Gasteiger partial charge in [-0.15, -0.1) is 0 Å². The molecule has 1 unspecified atom stereocenters. The molecule has 0 radical (unpaired) electrons. The maximum absolute atomic E-state index is 5.01. The largest absolute Gasteiger partial charge is 0.358 e. The van der Waals surface area contributed by atoms with Gasteiger partial charge in [-0.3, -0.25) is 4.40 Å². The first-order valence-electron chi connectivity index (χ1n) is 15.8. The molecule has 5 aromatic carbocycles. The van der Waals surface area contributed by atoms with Crippen LogP contribution >= 0.6 is 0 Å². The van der Waals surface area contributed by atoms with E-state index in [0.29, 0.717) is 5.82 Å². The summed E-state index contributed by atoms with van der Waals surface area (Å²) >= 11 is 0. The molecule has 1 N–H and O–H groups in total. The van der Waals surface area contributed by atoms with Crippen molar-refractivity contribution in [3.05, 3.63) is 175 Å². The number of nitrogens with one attached hydrogen (secondary N) is 1. The number of aromatic nitrogens is 4. The molecule has 8 aromatic rings. The van der Waals surface area contributed by atoms with Gasteiger partial charge < -0.3 is 5.32 Å². The van der Waals surface area contributed by atoms with Crippen molar-refractivity contribution in [1.82, 2.24) is 19.4 Å². The highest BCUT2D eigenvalue weighted by molar-refractivity contribution is 5.83. The highest BCUT2D eigenvalue weighted by Gasteiger charge is 2.29. The Morgan fingerprint density at radius 1 is 0.489 bits per heavy atom. The molecular weight excluding hydrogens is 574 g/mol. The predicted octanol–water partition coefficient (Wildman–Crippen LogP) is 9.97. The summed E-state index contributed by atoms with van der Waals surface area (Å²) in [7, 11) is 0. The summed E-state index contributed by atoms with van der Waals surface area (Å²) in [5, 5.41) is 3.82. The molecule has 3 aromatic heterocycles. The smallest absolute Gasteiger partial charge is 0.160 e. The van der Waals surface area contributed by atoms with E-state index in [1.54, 1.807) is 0 Å². The maximum Gasteiger partial charge on any atom is 0.160 e. The average Bonchev–Trinajstić information content (AvgIpc) is 3.54. The quantitative estimate of drug-likeness (QED) is 0.213. The number of fused-ring (bicyclic) bond motifs is 5. The number of hydrogen-bond donors (Lipinski definition) is 1. The second-order valence-corrected chi connectivity index (χ2v) is 11.8. The fraction of sp³-hybridized carbons (Fsp3) is 0.0238. The highest BCUT2D eigenvalue weighted by Crippen LogP contribution is 2.43. The van der Waals surface area contributed by atoms with Gasteiger partial charge in [-0.2, -0.15) is 0 Å². The van der Waals surface area contributed by atoms with E-state index in [1.165, 1.54) is 11.1 Å². The van der Waals surface area contributed by atoms with Crippen LogP contribution in [0.25, 0.3) is 61.9 Å². The predicted molar refractivity (Wildman–Crippen MR) is 190 cm³/mol. The molecule has 222 valence electrons. The van der Waals surface area contributed by atoms with E-state index in [9.17, 15) is 0 Å². The molecule has 0 bridgehead atoms. The lowest BCUT2D eigenvalue weighted by Crippen LogP contribution is -2.19. The zero-order valence-electron chi connectivity index (χ0n) is 25.5. The number of rotatable bonds is 5. The van der Waals surface area contributed by atoms with Crippen molar-refractivity contribution in [1.29, 1.82) is 0 Å². The number of pyridine rings is 1.